The van der Waals surface area contributed by atoms with Crippen LogP contribution in [0.3, 0.4) is 0 Å². The first kappa shape index (κ1) is 103. The number of carboxylic acids is 1. The monoisotopic (exact) mass is 1970 g/mol. The number of esters is 3. The van der Waals surface area contributed by atoms with Crippen molar-refractivity contribution >= 4 is 171 Å². The Balaban J connectivity index is 0.000000166. The minimum absolute atomic E-state index is 0.129. The van der Waals surface area contributed by atoms with Gasteiger partial charge in [-0.25, -0.2) is 14.4 Å². The van der Waals surface area contributed by atoms with Crippen LogP contribution in [0.15, 0.2) is 279 Å². The van der Waals surface area contributed by atoms with Gasteiger partial charge in [-0.2, -0.15) is 10.2 Å². The number of Topliss-reactive ketones (excluding diaryl/α,β-unsaturated/α-hetero) is 2. The molecule has 0 spiro atoms. The highest BCUT2D eigenvalue weighted by molar-refractivity contribution is 6.37. The third kappa shape index (κ3) is 28.3. The Labute approximate surface area is 822 Å². The first-order valence-electron chi connectivity index (χ1n) is 42.6. The molecule has 0 aliphatic rings. The van der Waals surface area contributed by atoms with E-state index in [2.05, 4.69) is 54.1 Å². The van der Waals surface area contributed by atoms with Crippen molar-refractivity contribution < 1.29 is 71.8 Å². The molecule has 0 unspecified atom stereocenters. The van der Waals surface area contributed by atoms with Gasteiger partial charge in [0.15, 0.2) is 11.6 Å². The number of fused-ring (bicyclic) bond motifs is 4. The Morgan fingerprint density at radius 3 is 1.00 bits per heavy atom. The van der Waals surface area contributed by atoms with Gasteiger partial charge in [-0.05, 0) is 284 Å². The third-order valence-corrected chi connectivity index (χ3v) is 22.7. The number of nitrogens with two attached hydrogens (primary N) is 1. The van der Waals surface area contributed by atoms with Crippen LogP contribution in [-0.2, 0) is 19.0 Å². The molecule has 0 saturated heterocycles. The van der Waals surface area contributed by atoms with Crippen molar-refractivity contribution in [2.75, 3.05) is 61.4 Å². The lowest BCUT2D eigenvalue weighted by Gasteiger charge is -2.17. The molecular formula is C107H95Cl8N5O15. The number of hydrogen-bond donors (Lipinski definition) is 2. The highest BCUT2D eigenvalue weighted by Crippen LogP contribution is 2.39. The number of aromatic carboxylic acids is 1. The third-order valence-electron chi connectivity index (χ3n) is 21.0. The molecular weight excluding hydrogens is 1880 g/mol. The van der Waals surface area contributed by atoms with Gasteiger partial charge in [0.2, 0.25) is 0 Å². The molecule has 0 bridgehead atoms. The Morgan fingerprint density at radius 2 is 0.637 bits per heavy atom. The fourth-order valence-electron chi connectivity index (χ4n) is 14.2. The number of carbonyl (C=O) groups is 6. The summed E-state index contributed by atoms with van der Waals surface area (Å²) in [5, 5.41) is 31.5. The van der Waals surface area contributed by atoms with E-state index >= 15 is 0 Å². The van der Waals surface area contributed by atoms with Crippen LogP contribution in [0.25, 0.3) is 88.1 Å². The molecule has 0 aliphatic heterocycles. The summed E-state index contributed by atoms with van der Waals surface area (Å²) in [5.41, 5.74) is 15.9. The van der Waals surface area contributed by atoms with Gasteiger partial charge in [0.05, 0.1) is 119 Å². The maximum absolute atomic E-state index is 12.5. The zero-order chi connectivity index (χ0) is 97.1. The van der Waals surface area contributed by atoms with E-state index in [1.165, 1.54) is 29.7 Å². The second-order valence-electron chi connectivity index (χ2n) is 30.2. The number of nitrogens with zero attached hydrogens (tertiary/aromatic N) is 4. The molecule has 2 aromatic heterocycles. The quantitative estimate of drug-likeness (QED) is 0.0221. The van der Waals surface area contributed by atoms with Gasteiger partial charge in [-0.3, -0.25) is 23.7 Å². The van der Waals surface area contributed by atoms with Gasteiger partial charge in [0.1, 0.15) is 28.7 Å². The molecule has 28 heteroatoms. The predicted octanol–water partition coefficient (Wildman–Crippen LogP) is 28.4. The molecule has 3 N–H and O–H groups in total. The van der Waals surface area contributed by atoms with Crippen LogP contribution in [0.2, 0.25) is 40.2 Å². The van der Waals surface area contributed by atoms with Gasteiger partial charge >= 0.3 is 23.9 Å². The van der Waals surface area contributed by atoms with Crippen molar-refractivity contribution in [2.24, 2.45) is 5.73 Å². The Bertz CT molecular complexity index is 6840. The number of rotatable bonds is 26. The zero-order valence-corrected chi connectivity index (χ0v) is 81.3. The summed E-state index contributed by atoms with van der Waals surface area (Å²) in [4.78, 5) is 69.8. The van der Waals surface area contributed by atoms with Gasteiger partial charge < -0.3 is 48.7 Å². The molecule has 0 radical (unpaired) electrons. The molecule has 0 saturated carbocycles. The van der Waals surface area contributed by atoms with Crippen LogP contribution in [0, 0.1) is 0 Å². The van der Waals surface area contributed by atoms with Gasteiger partial charge in [0.25, 0.3) is 0 Å². The average molecular weight is 1970 g/mol. The molecule has 694 valence electrons. The van der Waals surface area contributed by atoms with E-state index in [-0.39, 0.29) is 47.6 Å². The summed E-state index contributed by atoms with van der Waals surface area (Å²) in [6.45, 7) is 13.6. The topological polar surface area (TPSA) is 258 Å². The van der Waals surface area contributed by atoms with Gasteiger partial charge in [0, 0.05) is 80.1 Å². The normalized spacial score (nSPS) is 11.1. The highest BCUT2D eigenvalue weighted by atomic mass is 35.5. The van der Waals surface area contributed by atoms with Gasteiger partial charge in [-0.1, -0.05) is 184 Å². The zero-order valence-electron chi connectivity index (χ0n) is 75.2. The van der Waals surface area contributed by atoms with Crippen molar-refractivity contribution in [2.45, 2.75) is 66.5 Å². The Morgan fingerprint density at radius 1 is 0.326 bits per heavy atom. The number of aromatic nitrogens is 4. The van der Waals surface area contributed by atoms with E-state index < -0.39 is 11.9 Å². The van der Waals surface area contributed by atoms with E-state index in [0.29, 0.717) is 102 Å². The van der Waals surface area contributed by atoms with Crippen LogP contribution in [0.1, 0.15) is 129 Å². The molecule has 0 aliphatic carbocycles. The second kappa shape index (κ2) is 49.3. The SMILES string of the molecule is CCOC(=O)CCN.CCOC(=O)c1cc(Cl)cc(Cl)c1.CCOC(=O)c1ccc([C@H](C)n2nc(-c3cc(Cl)cc(Cl)c3)cc2-c2ccc3cc(OC)ccc3c2)cc1.CCOc1ccc2cc(OC)ccc2c1.COc1ccc2cc(-c3cc(-c4cc(Cl)cc(Cl)c4)nn3[C@@H](C)c3ccc(C(=O)O)cc3)ccc2c1.COc1ccc2cc(C(=O)CC(=O)c3cc(Cl)cc(Cl)c3)ccc2c1. The molecule has 2 heterocycles. The summed E-state index contributed by atoms with van der Waals surface area (Å²) in [7, 11) is 6.60. The highest BCUT2D eigenvalue weighted by Gasteiger charge is 2.24. The summed E-state index contributed by atoms with van der Waals surface area (Å²) in [6, 6.07) is 85.6. The molecule has 0 fully saturated rings. The lowest BCUT2D eigenvalue weighted by atomic mass is 9.99. The minimum atomic E-state index is -0.957. The van der Waals surface area contributed by atoms with Crippen molar-refractivity contribution in [3.8, 4) is 73.8 Å². The first-order valence-corrected chi connectivity index (χ1v) is 45.6. The number of ether oxygens (including phenoxy) is 8. The minimum Gasteiger partial charge on any atom is -0.497 e. The lowest BCUT2D eigenvalue weighted by Crippen LogP contribution is -2.11. The van der Waals surface area contributed by atoms with E-state index in [4.69, 9.17) is 142 Å². The lowest BCUT2D eigenvalue weighted by molar-refractivity contribution is -0.142. The maximum Gasteiger partial charge on any atom is 0.338 e. The van der Waals surface area contributed by atoms with Crippen LogP contribution in [0.5, 0.6) is 28.7 Å². The Kier molecular flexibility index (Phi) is 37.5. The van der Waals surface area contributed by atoms with E-state index in [0.717, 1.165) is 123 Å². The summed E-state index contributed by atoms with van der Waals surface area (Å²) >= 11 is 48.4. The van der Waals surface area contributed by atoms with E-state index in [1.54, 1.807) is 110 Å². The van der Waals surface area contributed by atoms with Crippen LogP contribution in [-0.4, -0.2) is 122 Å². The smallest absolute Gasteiger partial charge is 0.338 e. The molecule has 16 aromatic rings. The van der Waals surface area contributed by atoms with Crippen LogP contribution in [0.4, 0.5) is 0 Å². The predicted molar refractivity (Wildman–Crippen MR) is 542 cm³/mol. The van der Waals surface area contributed by atoms with Crippen molar-refractivity contribution in [3.63, 3.8) is 0 Å². The fourth-order valence-corrected chi connectivity index (χ4v) is 16.3. The number of ketones is 2. The molecule has 0 amide bonds. The maximum atomic E-state index is 12.5. The molecule has 2 atom stereocenters. The number of halogens is 8. The number of carboxylic acid groups (broad SMARTS) is 1. The number of hydrogen-bond acceptors (Lipinski definition) is 17. The van der Waals surface area contributed by atoms with E-state index in [1.807, 2.05) is 175 Å². The number of benzene rings is 14. The summed E-state index contributed by atoms with van der Waals surface area (Å²) in [6.07, 6.45) is 0.0895. The van der Waals surface area contributed by atoms with Crippen molar-refractivity contribution in [1.82, 2.24) is 19.6 Å². The second-order valence-corrected chi connectivity index (χ2v) is 33.6. The van der Waals surface area contributed by atoms with Crippen molar-refractivity contribution in [3.05, 3.63) is 358 Å². The molecule has 14 aromatic carbocycles. The van der Waals surface area contributed by atoms with Crippen LogP contribution >= 0.6 is 92.8 Å². The largest absolute Gasteiger partial charge is 0.497 e. The average Bonchev–Trinajstić information content (AvgIpc) is 1.65. The Hall–Kier alpha value is -13.0. The summed E-state index contributed by atoms with van der Waals surface area (Å²) < 4.78 is 44.9. The number of methoxy groups -OCH3 is 4. The van der Waals surface area contributed by atoms with Gasteiger partial charge in [-0.15, -0.1) is 0 Å². The fraction of sp³-hybridized carbons (Fsp3) is 0.178. The van der Waals surface area contributed by atoms with E-state index in [9.17, 15) is 33.9 Å². The van der Waals surface area contributed by atoms with Crippen LogP contribution < -0.4 is 29.4 Å². The first-order chi connectivity index (χ1) is 64.9. The molecule has 16 rings (SSSR count). The number of carbonyl (C=O) groups excluding carboxylic acids is 5. The molecule has 20 nitrogen and oxygen atoms in total. The summed E-state index contributed by atoms with van der Waals surface area (Å²) in [5.74, 6) is 1.68. The molecule has 135 heavy (non-hydrogen) atoms. The van der Waals surface area contributed by atoms with Crippen molar-refractivity contribution in [1.29, 1.82) is 0 Å². The standard InChI is InChI=1S/C31H26Cl2N2O3.C29H22Cl2N2O3.C20H14Cl2O3.C13H14O2.C9H8Cl2O2.C5H11NO2/c1-4-38-31(36)21-7-5-20(6-8-21)19(2)35-30(18-29(34-35)25-14-26(32)17-27(33)15-25)24-10-9-23-16-28(37-3)12-11-22(23)13-24;1-17(18-3-5-19(6-4-18)29(34)35)33-28(16-27(32-33)23-12-24(30)15-25(31)13-23)22-8-7-21-14-26(36-2)10-9-20(21)11-22;1-25-18-5-4-12-6-14(3-2-13(12)9-18)19(23)11-20(24)15-7-16(21)10-17(22)8-15;1-3-15-13-7-5-10-8-12(14-2)6-4-11(10)9-13;1-2-13-9(12)6-3-7(10)5-8(11)4-6;1-2-8-5(7)3-4-6/h5-19H,4H2,1-3H3;3-17H,1-2H3,(H,34,35);2-10H,11H2,1H3;4-9H,3H2,1-2H3;3-5H,2H2,1H3;2-4,6H2,1H3/t19-;17-;;;;/m00..../s1.